The van der Waals surface area contributed by atoms with Crippen molar-refractivity contribution in [2.75, 3.05) is 31.1 Å². The van der Waals surface area contributed by atoms with Crippen molar-refractivity contribution in [1.82, 2.24) is 9.29 Å². The number of alkyl halides is 6. The van der Waals surface area contributed by atoms with Crippen LogP contribution >= 0.6 is 12.6 Å². The molecular formula is C27H25F6N3O5S2. The van der Waals surface area contributed by atoms with E-state index in [0.29, 0.717) is 12.1 Å². The van der Waals surface area contributed by atoms with Gasteiger partial charge in [-0.25, -0.2) is 13.2 Å². The fourth-order valence-corrected chi connectivity index (χ4v) is 6.73. The lowest BCUT2D eigenvalue weighted by Gasteiger charge is -2.42. The Morgan fingerprint density at radius 2 is 1.60 bits per heavy atom. The number of rotatable bonds is 8. The first-order chi connectivity index (χ1) is 20.0. The topological polar surface area (TPSA) is 100 Å². The second-order valence-electron chi connectivity index (χ2n) is 9.72. The van der Waals surface area contributed by atoms with Crippen molar-refractivity contribution >= 4 is 34.3 Å². The van der Waals surface area contributed by atoms with Crippen molar-refractivity contribution < 1.29 is 49.4 Å². The van der Waals surface area contributed by atoms with Crippen LogP contribution in [0.3, 0.4) is 0 Å². The highest BCUT2D eigenvalue weighted by Crippen LogP contribution is 2.40. The van der Waals surface area contributed by atoms with E-state index in [1.165, 1.54) is 22.5 Å². The molecule has 0 aliphatic carbocycles. The van der Waals surface area contributed by atoms with Gasteiger partial charge in [-0.05, 0) is 53.9 Å². The maximum absolute atomic E-state index is 13.8. The first-order valence-corrected chi connectivity index (χ1v) is 14.5. The summed E-state index contributed by atoms with van der Waals surface area (Å²) in [4.78, 5) is 17.1. The maximum atomic E-state index is 13.8. The summed E-state index contributed by atoms with van der Waals surface area (Å²) in [7, 11) is -3.95. The quantitative estimate of drug-likeness (QED) is 0.213. The van der Waals surface area contributed by atoms with Gasteiger partial charge in [-0.3, -0.25) is 4.98 Å². The van der Waals surface area contributed by atoms with E-state index in [1.54, 1.807) is 47.6 Å². The molecule has 0 unspecified atom stereocenters. The molecule has 1 aliphatic rings. The van der Waals surface area contributed by atoms with E-state index in [1.807, 2.05) is 0 Å². The molecule has 232 valence electrons. The Kier molecular flexibility index (Phi) is 9.35. The molecule has 2 atom stereocenters. The van der Waals surface area contributed by atoms with E-state index in [4.69, 9.17) is 0 Å². The molecule has 1 aliphatic heterocycles. The van der Waals surface area contributed by atoms with Crippen LogP contribution in [0, 0.1) is 0 Å². The highest BCUT2D eigenvalue weighted by atomic mass is 32.2. The van der Waals surface area contributed by atoms with Crippen LogP contribution in [0.4, 0.5) is 32.0 Å². The standard InChI is InChI=1S/C27H25F6N3O5S2/c28-26(29,30)24(37)41-17-25(38,27(31,32)33)19-5-7-20(8-6-19)36-14-13-35(16-21(36)15-18-9-11-34-12-10-18)43(39,40)23-4-2-1-3-22(23)42/h1-12,21,38,42H,13-17H2/t21-,25-/m0/s1. The van der Waals surface area contributed by atoms with E-state index in [0.717, 1.165) is 17.7 Å². The van der Waals surface area contributed by atoms with Gasteiger partial charge in [-0.2, -0.15) is 30.6 Å². The summed E-state index contributed by atoms with van der Waals surface area (Å²) < 4.78 is 111. The van der Waals surface area contributed by atoms with Crippen molar-refractivity contribution in [3.05, 3.63) is 84.2 Å². The number of ether oxygens (including phenoxy) is 1. The van der Waals surface area contributed by atoms with Crippen molar-refractivity contribution in [2.24, 2.45) is 0 Å². The summed E-state index contributed by atoms with van der Waals surface area (Å²) in [5, 5.41) is 10.4. The molecule has 43 heavy (non-hydrogen) atoms. The molecule has 16 heteroatoms. The highest BCUT2D eigenvalue weighted by Gasteiger charge is 2.57. The minimum Gasteiger partial charge on any atom is -0.455 e. The summed E-state index contributed by atoms with van der Waals surface area (Å²) in [5.74, 6) is -2.88. The average molecular weight is 650 g/mol. The van der Waals surface area contributed by atoms with Gasteiger partial charge in [-0.15, -0.1) is 12.6 Å². The van der Waals surface area contributed by atoms with E-state index < -0.39 is 52.2 Å². The lowest BCUT2D eigenvalue weighted by Crippen LogP contribution is -2.55. The fraction of sp³-hybridized carbons (Fsp3) is 0.333. The Labute approximate surface area is 248 Å². The summed E-state index contributed by atoms with van der Waals surface area (Å²) >= 11 is 4.27. The first kappa shape index (κ1) is 32.6. The summed E-state index contributed by atoms with van der Waals surface area (Å²) in [6.07, 6.45) is -7.59. The highest BCUT2D eigenvalue weighted by molar-refractivity contribution is 7.90. The minimum atomic E-state index is -5.55. The molecule has 3 aromatic rings. The number of carbonyl (C=O) groups excluding carboxylic acids is 1. The number of carbonyl (C=O) groups is 1. The van der Waals surface area contributed by atoms with Crippen molar-refractivity contribution in [3.63, 3.8) is 0 Å². The van der Waals surface area contributed by atoms with Crippen LogP contribution in [-0.4, -0.2) is 73.4 Å². The second kappa shape index (κ2) is 12.3. The van der Waals surface area contributed by atoms with Gasteiger partial charge in [-0.1, -0.05) is 24.3 Å². The first-order valence-electron chi connectivity index (χ1n) is 12.6. The summed E-state index contributed by atoms with van der Waals surface area (Å²) in [6, 6.07) is 13.4. The molecule has 1 N–H and O–H groups in total. The van der Waals surface area contributed by atoms with Gasteiger partial charge in [0, 0.05) is 48.7 Å². The number of sulfonamides is 1. The number of aromatic nitrogens is 1. The van der Waals surface area contributed by atoms with Crippen LogP contribution in [-0.2, 0) is 31.6 Å². The van der Waals surface area contributed by atoms with Crippen LogP contribution in [0.25, 0.3) is 0 Å². The molecular weight excluding hydrogens is 624 g/mol. The average Bonchev–Trinajstić information content (AvgIpc) is 2.95. The molecule has 1 aromatic heterocycles. The molecule has 1 fully saturated rings. The molecule has 8 nitrogen and oxygen atoms in total. The Morgan fingerprint density at radius 3 is 2.19 bits per heavy atom. The van der Waals surface area contributed by atoms with Gasteiger partial charge < -0.3 is 14.7 Å². The predicted octanol–water partition coefficient (Wildman–Crippen LogP) is 4.35. The molecule has 4 rings (SSSR count). The van der Waals surface area contributed by atoms with Crippen molar-refractivity contribution in [2.45, 2.75) is 40.2 Å². The SMILES string of the molecule is O=C(OC[C@](O)(c1ccc(N2CCN(S(=O)(=O)c3ccccc3S)C[C@@H]2Cc2ccncc2)cc1)C(F)(F)F)C(F)(F)F. The van der Waals surface area contributed by atoms with Gasteiger partial charge in [0.25, 0.3) is 0 Å². The van der Waals surface area contributed by atoms with E-state index >= 15 is 0 Å². The van der Waals surface area contributed by atoms with Crippen molar-refractivity contribution in [3.8, 4) is 0 Å². The van der Waals surface area contributed by atoms with Crippen molar-refractivity contribution in [1.29, 1.82) is 0 Å². The molecule has 0 saturated carbocycles. The van der Waals surface area contributed by atoms with Gasteiger partial charge in [0.15, 0.2) is 0 Å². The third-order valence-corrected chi connectivity index (χ3v) is 9.40. The Bertz CT molecular complexity index is 1540. The number of thiol groups is 1. The van der Waals surface area contributed by atoms with Gasteiger partial charge in [0.05, 0.1) is 4.90 Å². The lowest BCUT2D eigenvalue weighted by molar-refractivity contribution is -0.283. The van der Waals surface area contributed by atoms with Gasteiger partial charge in [0.1, 0.15) is 6.61 Å². The number of halogens is 6. The largest absolute Gasteiger partial charge is 0.490 e. The predicted molar refractivity (Wildman–Crippen MR) is 145 cm³/mol. The molecule has 2 aromatic carbocycles. The Hall–Kier alpha value is -3.34. The third kappa shape index (κ3) is 7.08. The zero-order chi connectivity index (χ0) is 31.6. The number of pyridine rings is 1. The smallest absolute Gasteiger partial charge is 0.455 e. The van der Waals surface area contributed by atoms with Crippen LogP contribution < -0.4 is 4.90 Å². The molecule has 0 radical (unpaired) electrons. The fourth-order valence-electron chi connectivity index (χ4n) is 4.67. The van der Waals surface area contributed by atoms with Crippen LogP contribution in [0.1, 0.15) is 11.1 Å². The maximum Gasteiger partial charge on any atom is 0.490 e. The monoisotopic (exact) mass is 649 g/mol. The van der Waals surface area contributed by atoms with E-state index in [-0.39, 0.29) is 29.4 Å². The van der Waals surface area contributed by atoms with Gasteiger partial charge in [0.2, 0.25) is 15.6 Å². The second-order valence-corrected chi connectivity index (χ2v) is 12.1. The summed E-state index contributed by atoms with van der Waals surface area (Å²) in [5.41, 5.74) is -3.59. The number of esters is 1. The number of nitrogens with zero attached hydrogens (tertiary/aromatic N) is 3. The number of hydrogen-bond acceptors (Lipinski definition) is 8. The van der Waals surface area contributed by atoms with E-state index in [2.05, 4.69) is 22.3 Å². The normalized spacial score (nSPS) is 18.2. The van der Waals surface area contributed by atoms with Gasteiger partial charge >= 0.3 is 18.3 Å². The molecule has 1 saturated heterocycles. The Balaban J connectivity index is 1.63. The molecule has 0 amide bonds. The van der Waals surface area contributed by atoms with Crippen LogP contribution in [0.2, 0.25) is 0 Å². The Morgan fingerprint density at radius 1 is 0.977 bits per heavy atom. The number of piperazine rings is 1. The molecule has 0 bridgehead atoms. The van der Waals surface area contributed by atoms with E-state index in [9.17, 15) is 44.7 Å². The molecule has 0 spiro atoms. The molecule has 2 heterocycles. The number of aliphatic hydroxyl groups is 1. The lowest BCUT2D eigenvalue weighted by atomic mass is 9.93. The summed E-state index contributed by atoms with van der Waals surface area (Å²) in [6.45, 7) is -1.84. The van der Waals surface area contributed by atoms with Crippen LogP contribution in [0.5, 0.6) is 0 Å². The number of hydrogen-bond donors (Lipinski definition) is 2. The zero-order valence-corrected chi connectivity index (χ0v) is 23.8. The third-order valence-electron chi connectivity index (χ3n) is 6.94. The minimum absolute atomic E-state index is 0.00834. The zero-order valence-electron chi connectivity index (χ0n) is 22.1. The van der Waals surface area contributed by atoms with Crippen LogP contribution in [0.15, 0.2) is 82.8 Å². The number of benzene rings is 2. The number of anilines is 1.